The van der Waals surface area contributed by atoms with Gasteiger partial charge in [0, 0.05) is 20.3 Å². The number of likely N-dealkylation sites (tertiary alicyclic amines) is 1. The van der Waals surface area contributed by atoms with E-state index in [0.717, 1.165) is 25.9 Å². The molecule has 0 aromatic rings. The molecule has 1 heterocycles. The van der Waals surface area contributed by atoms with Crippen LogP contribution in [-0.4, -0.2) is 83.1 Å². The number of aliphatic hydroxyl groups excluding tert-OH is 4. The highest BCUT2D eigenvalue weighted by atomic mass is 16.5. The lowest BCUT2D eigenvalue weighted by Gasteiger charge is -2.43. The van der Waals surface area contributed by atoms with Crippen LogP contribution in [0.15, 0.2) is 0 Å². The van der Waals surface area contributed by atoms with Gasteiger partial charge in [0.15, 0.2) is 0 Å². The molecule has 0 aromatic carbocycles. The van der Waals surface area contributed by atoms with Crippen molar-refractivity contribution in [1.29, 1.82) is 0 Å². The first-order valence-electron chi connectivity index (χ1n) is 6.49. The van der Waals surface area contributed by atoms with Gasteiger partial charge in [0.1, 0.15) is 12.2 Å². The van der Waals surface area contributed by atoms with Crippen molar-refractivity contribution in [3.8, 4) is 0 Å². The molecule has 108 valence electrons. The van der Waals surface area contributed by atoms with Crippen LogP contribution in [0.4, 0.5) is 0 Å². The summed E-state index contributed by atoms with van der Waals surface area (Å²) in [6.45, 7) is 1.49. The Balaban J connectivity index is 2.37. The first kappa shape index (κ1) is 15.8. The van der Waals surface area contributed by atoms with Gasteiger partial charge < -0.3 is 25.2 Å². The van der Waals surface area contributed by atoms with E-state index in [-0.39, 0.29) is 13.2 Å². The molecule has 1 aliphatic rings. The van der Waals surface area contributed by atoms with Gasteiger partial charge in [0.25, 0.3) is 0 Å². The third-order valence-electron chi connectivity index (χ3n) is 3.51. The van der Waals surface area contributed by atoms with E-state index >= 15 is 0 Å². The third-order valence-corrected chi connectivity index (χ3v) is 3.51. The maximum absolute atomic E-state index is 9.79. The topological polar surface area (TPSA) is 93.4 Å². The van der Waals surface area contributed by atoms with Gasteiger partial charge in [-0.2, -0.15) is 0 Å². The van der Waals surface area contributed by atoms with Crippen LogP contribution in [0, 0.1) is 0 Å². The lowest BCUT2D eigenvalue weighted by atomic mass is 9.94. The molecule has 0 aliphatic carbocycles. The van der Waals surface area contributed by atoms with Crippen LogP contribution in [0.25, 0.3) is 0 Å². The molecule has 1 rings (SSSR count). The highest BCUT2D eigenvalue weighted by Crippen LogP contribution is 2.19. The molecule has 6 heteroatoms. The van der Waals surface area contributed by atoms with Gasteiger partial charge >= 0.3 is 0 Å². The number of ether oxygens (including phenoxy) is 1. The van der Waals surface area contributed by atoms with Gasteiger partial charge in [-0.05, 0) is 25.8 Å². The minimum Gasteiger partial charge on any atom is -0.395 e. The quantitative estimate of drug-likeness (QED) is 0.421. The summed E-state index contributed by atoms with van der Waals surface area (Å²) in [6.07, 6.45) is -0.347. The van der Waals surface area contributed by atoms with Crippen LogP contribution in [-0.2, 0) is 4.74 Å². The summed E-state index contributed by atoms with van der Waals surface area (Å²) >= 11 is 0. The van der Waals surface area contributed by atoms with Crippen molar-refractivity contribution in [2.24, 2.45) is 0 Å². The van der Waals surface area contributed by atoms with Crippen LogP contribution in [0.1, 0.15) is 19.3 Å². The molecule has 0 bridgehead atoms. The molecule has 0 amide bonds. The fraction of sp³-hybridized carbons (Fsp3) is 1.00. The van der Waals surface area contributed by atoms with Gasteiger partial charge in [0.05, 0.1) is 18.8 Å². The fourth-order valence-corrected chi connectivity index (χ4v) is 2.37. The number of rotatable bonds is 7. The molecule has 0 saturated carbocycles. The Morgan fingerprint density at radius 1 is 1.11 bits per heavy atom. The second-order valence-electron chi connectivity index (χ2n) is 4.85. The number of hydrogen-bond acceptors (Lipinski definition) is 6. The molecule has 18 heavy (non-hydrogen) atoms. The van der Waals surface area contributed by atoms with Crippen LogP contribution < -0.4 is 0 Å². The molecule has 0 radical (unpaired) electrons. The van der Waals surface area contributed by atoms with Crippen LogP contribution >= 0.6 is 0 Å². The van der Waals surface area contributed by atoms with E-state index in [1.807, 2.05) is 4.90 Å². The van der Waals surface area contributed by atoms with Crippen LogP contribution in [0.5, 0.6) is 0 Å². The third kappa shape index (κ3) is 4.15. The molecule has 4 N–H and O–H groups in total. The summed E-state index contributed by atoms with van der Waals surface area (Å²) in [4.78, 5) is 1.84. The minimum atomic E-state index is -1.17. The number of piperidine rings is 1. The molecule has 1 fully saturated rings. The highest BCUT2D eigenvalue weighted by molar-refractivity contribution is 4.93. The Bertz CT molecular complexity index is 229. The lowest BCUT2D eigenvalue weighted by molar-refractivity contribution is -0.145. The Hall–Kier alpha value is -0.240. The number of β-amino-alcohol motifs (C(OH)–C–C–N with tert-alkyl or cyclic N) is 1. The maximum Gasteiger partial charge on any atom is 0.109 e. The molecular weight excluding hydrogens is 238 g/mol. The van der Waals surface area contributed by atoms with Crippen LogP contribution in [0.2, 0.25) is 0 Å². The molecule has 6 nitrogen and oxygen atoms in total. The van der Waals surface area contributed by atoms with E-state index < -0.39 is 24.4 Å². The standard InChI is InChI=1S/C12H25NO5/c1-18-6-4-2-3-5-13-7-10(15)12(17)11(16)9(13)8-14/h9-12,14-17H,2-8H2,1H3/t9-,10+,11-,12-/m1/s1. The molecule has 0 aromatic heterocycles. The predicted molar refractivity (Wildman–Crippen MR) is 66.2 cm³/mol. The lowest BCUT2D eigenvalue weighted by Crippen LogP contribution is -2.62. The summed E-state index contributed by atoms with van der Waals surface area (Å²) in [5, 5.41) is 38.2. The molecule has 0 spiro atoms. The average molecular weight is 263 g/mol. The molecule has 0 unspecified atom stereocenters. The monoisotopic (exact) mass is 263 g/mol. The summed E-state index contributed by atoms with van der Waals surface area (Å²) in [5.74, 6) is 0. The normalized spacial score (nSPS) is 33.8. The average Bonchev–Trinajstić information content (AvgIpc) is 2.36. The molecule has 1 aliphatic heterocycles. The van der Waals surface area contributed by atoms with Crippen molar-refractivity contribution in [2.75, 3.05) is 33.4 Å². The first-order valence-corrected chi connectivity index (χ1v) is 6.49. The molecule has 4 atom stereocenters. The highest BCUT2D eigenvalue weighted by Gasteiger charge is 2.40. The van der Waals surface area contributed by atoms with E-state index in [4.69, 9.17) is 4.74 Å². The van der Waals surface area contributed by atoms with Gasteiger partial charge in [-0.3, -0.25) is 4.90 Å². The number of aliphatic hydroxyl groups is 4. The van der Waals surface area contributed by atoms with E-state index in [1.165, 1.54) is 0 Å². The number of nitrogens with zero attached hydrogens (tertiary/aromatic N) is 1. The Morgan fingerprint density at radius 3 is 2.44 bits per heavy atom. The van der Waals surface area contributed by atoms with Gasteiger partial charge in [-0.25, -0.2) is 0 Å². The Morgan fingerprint density at radius 2 is 1.83 bits per heavy atom. The minimum absolute atomic E-state index is 0.219. The van der Waals surface area contributed by atoms with Gasteiger partial charge in [0.2, 0.25) is 0 Å². The number of methoxy groups -OCH3 is 1. The van der Waals surface area contributed by atoms with E-state index in [9.17, 15) is 20.4 Å². The van der Waals surface area contributed by atoms with E-state index in [0.29, 0.717) is 6.54 Å². The van der Waals surface area contributed by atoms with E-state index in [1.54, 1.807) is 7.11 Å². The summed E-state index contributed by atoms with van der Waals surface area (Å²) in [6, 6.07) is -0.495. The largest absolute Gasteiger partial charge is 0.395 e. The van der Waals surface area contributed by atoms with Crippen molar-refractivity contribution in [1.82, 2.24) is 4.90 Å². The fourth-order valence-electron chi connectivity index (χ4n) is 2.37. The van der Waals surface area contributed by atoms with E-state index in [2.05, 4.69) is 0 Å². The van der Waals surface area contributed by atoms with Crippen molar-refractivity contribution in [3.63, 3.8) is 0 Å². The predicted octanol–water partition coefficient (Wildman–Crippen LogP) is -1.44. The summed E-state index contributed by atoms with van der Waals surface area (Å²) in [7, 11) is 1.67. The van der Waals surface area contributed by atoms with Gasteiger partial charge in [-0.15, -0.1) is 0 Å². The van der Waals surface area contributed by atoms with Crippen molar-refractivity contribution in [3.05, 3.63) is 0 Å². The summed E-state index contributed by atoms with van der Waals surface area (Å²) < 4.78 is 4.96. The Kier molecular flexibility index (Phi) is 7.06. The SMILES string of the molecule is COCCCCCN1C[C@H](O)[C@@H](O)[C@H](O)[C@H]1CO. The molecular formula is C12H25NO5. The zero-order valence-corrected chi connectivity index (χ0v) is 10.9. The van der Waals surface area contributed by atoms with Gasteiger partial charge in [-0.1, -0.05) is 0 Å². The zero-order chi connectivity index (χ0) is 13.5. The zero-order valence-electron chi connectivity index (χ0n) is 10.9. The van der Waals surface area contributed by atoms with Crippen molar-refractivity contribution >= 4 is 0 Å². The first-order chi connectivity index (χ1) is 8.61. The molecule has 1 saturated heterocycles. The second-order valence-corrected chi connectivity index (χ2v) is 4.85. The number of unbranched alkanes of at least 4 members (excludes halogenated alkanes) is 2. The maximum atomic E-state index is 9.79. The smallest absolute Gasteiger partial charge is 0.109 e. The Labute approximate surface area is 108 Å². The van der Waals surface area contributed by atoms with Crippen LogP contribution in [0.3, 0.4) is 0 Å². The number of hydrogen-bond donors (Lipinski definition) is 4. The summed E-state index contributed by atoms with van der Waals surface area (Å²) in [5.41, 5.74) is 0. The van der Waals surface area contributed by atoms with Crippen molar-refractivity contribution < 1.29 is 25.2 Å². The second kappa shape index (κ2) is 8.04. The van der Waals surface area contributed by atoms with Crippen molar-refractivity contribution in [2.45, 2.75) is 43.6 Å².